The van der Waals surface area contributed by atoms with Crippen LogP contribution in [0, 0.1) is 0 Å². The first kappa shape index (κ1) is 15.0. The molecule has 0 spiro atoms. The first-order valence-electron chi connectivity index (χ1n) is 5.85. The molecule has 106 valence electrons. The monoisotopic (exact) mass is 358 g/mol. The Morgan fingerprint density at radius 3 is 2.70 bits per heavy atom. The second-order valence-electron chi connectivity index (χ2n) is 4.93. The van der Waals surface area contributed by atoms with Crippen molar-refractivity contribution in [3.8, 4) is 0 Å². The summed E-state index contributed by atoms with van der Waals surface area (Å²) in [5, 5.41) is 2.47. The van der Waals surface area contributed by atoms with Crippen LogP contribution < -0.4 is 5.32 Å². The maximum absolute atomic E-state index is 12.6. The van der Waals surface area contributed by atoms with Gasteiger partial charge in [0.25, 0.3) is 11.8 Å². The molecular weight excluding hydrogens is 348 g/mol. The van der Waals surface area contributed by atoms with Crippen LogP contribution in [0.25, 0.3) is 0 Å². The first-order chi connectivity index (χ1) is 9.25. The van der Waals surface area contributed by atoms with E-state index in [4.69, 9.17) is 11.6 Å². The van der Waals surface area contributed by atoms with Crippen LogP contribution in [0.2, 0.25) is 5.02 Å². The van der Waals surface area contributed by atoms with E-state index in [1.807, 2.05) is 0 Å². The van der Waals surface area contributed by atoms with Crippen LogP contribution in [-0.2, 0) is 9.59 Å². The van der Waals surface area contributed by atoms with Crippen LogP contribution in [0.5, 0.6) is 0 Å². The molecule has 0 bridgehead atoms. The molecule has 1 heterocycles. The van der Waals surface area contributed by atoms with Gasteiger partial charge in [-0.2, -0.15) is 0 Å². The van der Waals surface area contributed by atoms with Crippen molar-refractivity contribution in [2.24, 2.45) is 0 Å². The second kappa shape index (κ2) is 5.18. The lowest BCUT2D eigenvalue weighted by atomic mass is 9.97. The van der Waals surface area contributed by atoms with E-state index in [0.717, 1.165) is 0 Å². The Bertz CT molecular complexity index is 616. The summed E-state index contributed by atoms with van der Waals surface area (Å²) in [6.45, 7) is 2.98. The fraction of sp³-hybridized carbons (Fsp3) is 0.308. The molecule has 1 aromatic rings. The van der Waals surface area contributed by atoms with Gasteiger partial charge in [-0.1, -0.05) is 17.7 Å². The standard InChI is InChI=1S/C13H12BrClN2O3/c1-13(2)12(20)16-9(18)6-17(13)11(19)7-4-3-5-8(14)10(7)15/h3-5H,6H2,1-2H3,(H,16,18,20). The number of halogens is 2. The van der Waals surface area contributed by atoms with Crippen LogP contribution in [0.15, 0.2) is 22.7 Å². The van der Waals surface area contributed by atoms with Crippen LogP contribution >= 0.6 is 27.5 Å². The summed E-state index contributed by atoms with van der Waals surface area (Å²) >= 11 is 9.34. The summed E-state index contributed by atoms with van der Waals surface area (Å²) in [7, 11) is 0. The van der Waals surface area contributed by atoms with E-state index in [1.54, 1.807) is 32.0 Å². The molecule has 1 aliphatic heterocycles. The summed E-state index contributed by atoms with van der Waals surface area (Å²) < 4.78 is 0.579. The van der Waals surface area contributed by atoms with E-state index in [-0.39, 0.29) is 17.1 Å². The molecule has 1 saturated heterocycles. The molecule has 0 aromatic heterocycles. The van der Waals surface area contributed by atoms with Crippen molar-refractivity contribution in [3.05, 3.63) is 33.3 Å². The number of hydrogen-bond acceptors (Lipinski definition) is 3. The molecule has 1 aliphatic rings. The zero-order valence-corrected chi connectivity index (χ0v) is 13.2. The van der Waals surface area contributed by atoms with Crippen molar-refractivity contribution < 1.29 is 14.4 Å². The molecule has 0 unspecified atom stereocenters. The quantitative estimate of drug-likeness (QED) is 0.780. The highest BCUT2D eigenvalue weighted by atomic mass is 79.9. The van der Waals surface area contributed by atoms with Gasteiger partial charge in [-0.3, -0.25) is 19.7 Å². The minimum absolute atomic E-state index is 0.180. The molecule has 0 aliphatic carbocycles. The summed E-state index contributed by atoms with van der Waals surface area (Å²) in [5.41, 5.74) is -0.868. The van der Waals surface area contributed by atoms with Gasteiger partial charge >= 0.3 is 0 Å². The molecule has 20 heavy (non-hydrogen) atoms. The first-order valence-corrected chi connectivity index (χ1v) is 7.02. The summed E-state index contributed by atoms with van der Waals surface area (Å²) in [6.07, 6.45) is 0. The molecule has 0 radical (unpaired) electrons. The molecule has 1 aromatic carbocycles. The van der Waals surface area contributed by atoms with Crippen LogP contribution in [-0.4, -0.2) is 34.7 Å². The summed E-state index contributed by atoms with van der Waals surface area (Å²) in [6, 6.07) is 4.93. The van der Waals surface area contributed by atoms with Gasteiger partial charge in [-0.05, 0) is 41.9 Å². The lowest BCUT2D eigenvalue weighted by Gasteiger charge is -2.40. The van der Waals surface area contributed by atoms with E-state index in [1.165, 1.54) is 4.90 Å². The summed E-state index contributed by atoms with van der Waals surface area (Å²) in [5.74, 6) is -1.47. The number of nitrogens with one attached hydrogen (secondary N) is 1. The smallest absolute Gasteiger partial charge is 0.256 e. The number of imide groups is 1. The Morgan fingerprint density at radius 1 is 1.40 bits per heavy atom. The number of rotatable bonds is 1. The maximum Gasteiger partial charge on any atom is 0.256 e. The average Bonchev–Trinajstić information content (AvgIpc) is 2.37. The number of carbonyl (C=O) groups is 3. The van der Waals surface area contributed by atoms with E-state index in [2.05, 4.69) is 21.2 Å². The molecule has 1 N–H and O–H groups in total. The Labute approximate surface area is 129 Å². The fourth-order valence-electron chi connectivity index (χ4n) is 1.92. The molecule has 5 nitrogen and oxygen atoms in total. The second-order valence-corrected chi connectivity index (χ2v) is 6.16. The predicted molar refractivity (Wildman–Crippen MR) is 77.4 cm³/mol. The Morgan fingerprint density at radius 2 is 2.05 bits per heavy atom. The SMILES string of the molecule is CC1(C)C(=O)NC(=O)CN1C(=O)c1cccc(Br)c1Cl. The normalized spacial score (nSPS) is 17.9. The van der Waals surface area contributed by atoms with Crippen molar-refractivity contribution in [1.82, 2.24) is 10.2 Å². The Balaban J connectivity index is 2.43. The van der Waals surface area contributed by atoms with Gasteiger partial charge in [0.1, 0.15) is 12.1 Å². The van der Waals surface area contributed by atoms with Crippen LogP contribution in [0.1, 0.15) is 24.2 Å². The lowest BCUT2D eigenvalue weighted by Crippen LogP contribution is -2.65. The van der Waals surface area contributed by atoms with Gasteiger partial charge in [0.2, 0.25) is 5.91 Å². The maximum atomic E-state index is 12.6. The van der Waals surface area contributed by atoms with Crippen molar-refractivity contribution in [2.75, 3.05) is 6.54 Å². The highest BCUT2D eigenvalue weighted by Gasteiger charge is 2.44. The largest absolute Gasteiger partial charge is 0.315 e. The van der Waals surface area contributed by atoms with Crippen molar-refractivity contribution >= 4 is 45.3 Å². The minimum Gasteiger partial charge on any atom is -0.315 e. The Kier molecular flexibility index (Phi) is 3.88. The predicted octanol–water partition coefficient (Wildman–Crippen LogP) is 1.98. The van der Waals surface area contributed by atoms with Gasteiger partial charge in [0.05, 0.1) is 10.6 Å². The number of carbonyl (C=O) groups excluding carboxylic acids is 3. The van der Waals surface area contributed by atoms with Gasteiger partial charge < -0.3 is 4.90 Å². The third-order valence-corrected chi connectivity index (χ3v) is 4.51. The Hall–Kier alpha value is -1.40. The van der Waals surface area contributed by atoms with Crippen LogP contribution in [0.4, 0.5) is 0 Å². The highest BCUT2D eigenvalue weighted by molar-refractivity contribution is 9.10. The minimum atomic E-state index is -1.11. The molecule has 0 atom stereocenters. The van der Waals surface area contributed by atoms with E-state index >= 15 is 0 Å². The molecule has 0 saturated carbocycles. The molecule has 3 amide bonds. The highest BCUT2D eigenvalue weighted by Crippen LogP contribution is 2.29. The van der Waals surface area contributed by atoms with Gasteiger partial charge in [-0.25, -0.2) is 0 Å². The average molecular weight is 360 g/mol. The number of amides is 3. The molecular formula is C13H12BrClN2O3. The van der Waals surface area contributed by atoms with E-state index in [9.17, 15) is 14.4 Å². The van der Waals surface area contributed by atoms with E-state index < -0.39 is 23.3 Å². The van der Waals surface area contributed by atoms with Gasteiger partial charge in [0.15, 0.2) is 0 Å². The zero-order chi connectivity index (χ0) is 15.1. The number of benzene rings is 1. The van der Waals surface area contributed by atoms with Crippen molar-refractivity contribution in [3.63, 3.8) is 0 Å². The van der Waals surface area contributed by atoms with Gasteiger partial charge in [0, 0.05) is 4.47 Å². The molecule has 7 heteroatoms. The van der Waals surface area contributed by atoms with Crippen molar-refractivity contribution in [1.29, 1.82) is 0 Å². The van der Waals surface area contributed by atoms with E-state index in [0.29, 0.717) is 4.47 Å². The third-order valence-electron chi connectivity index (χ3n) is 3.21. The summed E-state index contributed by atoms with van der Waals surface area (Å²) in [4.78, 5) is 37.1. The number of nitrogens with zero attached hydrogens (tertiary/aromatic N) is 1. The molecule has 2 rings (SSSR count). The fourth-order valence-corrected chi connectivity index (χ4v) is 2.50. The van der Waals surface area contributed by atoms with Gasteiger partial charge in [-0.15, -0.1) is 0 Å². The zero-order valence-electron chi connectivity index (χ0n) is 10.9. The molecule has 1 fully saturated rings. The van der Waals surface area contributed by atoms with Crippen molar-refractivity contribution in [2.45, 2.75) is 19.4 Å². The third kappa shape index (κ3) is 2.45. The van der Waals surface area contributed by atoms with Crippen LogP contribution in [0.3, 0.4) is 0 Å². The number of hydrogen-bond donors (Lipinski definition) is 1. The number of piperazine rings is 1. The lowest BCUT2D eigenvalue weighted by molar-refractivity contribution is -0.143. The topological polar surface area (TPSA) is 66.5 Å².